The molecule has 0 spiro atoms. The van der Waals surface area contributed by atoms with Crippen molar-refractivity contribution in [2.75, 3.05) is 5.88 Å². The van der Waals surface area contributed by atoms with Crippen molar-refractivity contribution in [1.29, 1.82) is 0 Å². The van der Waals surface area contributed by atoms with E-state index in [0.29, 0.717) is 5.02 Å². The normalized spacial score (nSPS) is 12.9. The van der Waals surface area contributed by atoms with E-state index in [4.69, 9.17) is 23.2 Å². The minimum atomic E-state index is -0.591. The number of aliphatic hydroxyl groups excluding tert-OH is 1. The third-order valence-electron chi connectivity index (χ3n) is 1.23. The van der Waals surface area contributed by atoms with Crippen LogP contribution in [0.25, 0.3) is 0 Å². The molecule has 0 radical (unpaired) electrons. The van der Waals surface area contributed by atoms with E-state index in [9.17, 15) is 5.11 Å². The van der Waals surface area contributed by atoms with Gasteiger partial charge in [-0.15, -0.1) is 11.6 Å². The topological polar surface area (TPSA) is 20.2 Å². The molecule has 0 fully saturated rings. The fourth-order valence-electron chi connectivity index (χ4n) is 0.718. The van der Waals surface area contributed by atoms with E-state index in [1.54, 1.807) is 6.07 Å². The second kappa shape index (κ2) is 4.97. The third-order valence-corrected chi connectivity index (χ3v) is 3.20. The number of thioether (sulfide) groups is 1. The molecule has 0 saturated heterocycles. The summed E-state index contributed by atoms with van der Waals surface area (Å²) in [4.78, 5) is 0.854. The van der Waals surface area contributed by atoms with Crippen LogP contribution in [0.1, 0.15) is 0 Å². The molecular formula is C8H8Cl2OS. The molecule has 1 unspecified atom stereocenters. The number of benzene rings is 1. The highest BCUT2D eigenvalue weighted by Crippen LogP contribution is 2.29. The molecule has 0 aliphatic heterocycles. The minimum absolute atomic E-state index is 0.204. The van der Waals surface area contributed by atoms with E-state index in [-0.39, 0.29) is 5.88 Å². The SMILES string of the molecule is OC(CCl)Sc1ccccc1Cl. The lowest BCUT2D eigenvalue weighted by Crippen LogP contribution is -2.01. The average Bonchev–Trinajstić information content (AvgIpc) is 2.09. The van der Waals surface area contributed by atoms with Gasteiger partial charge < -0.3 is 5.11 Å². The second-order valence-corrected chi connectivity index (χ2v) is 4.09. The number of alkyl halides is 1. The summed E-state index contributed by atoms with van der Waals surface area (Å²) < 4.78 is 0. The largest absolute Gasteiger partial charge is 0.381 e. The number of hydrogen-bond donors (Lipinski definition) is 1. The van der Waals surface area contributed by atoms with Gasteiger partial charge in [-0.1, -0.05) is 35.5 Å². The molecule has 0 saturated carbocycles. The summed E-state index contributed by atoms with van der Waals surface area (Å²) in [6.45, 7) is 0. The van der Waals surface area contributed by atoms with Gasteiger partial charge in [0.2, 0.25) is 0 Å². The second-order valence-electron chi connectivity index (χ2n) is 2.16. The highest BCUT2D eigenvalue weighted by atomic mass is 35.5. The molecule has 66 valence electrons. The van der Waals surface area contributed by atoms with Crippen molar-refractivity contribution in [3.63, 3.8) is 0 Å². The summed E-state index contributed by atoms with van der Waals surface area (Å²) in [6.07, 6.45) is 0. The summed E-state index contributed by atoms with van der Waals surface area (Å²) in [5.74, 6) is 0.204. The number of halogens is 2. The molecule has 1 aromatic rings. The van der Waals surface area contributed by atoms with Gasteiger partial charge in [0, 0.05) is 4.90 Å². The molecule has 0 aliphatic rings. The molecule has 1 nitrogen and oxygen atoms in total. The maximum absolute atomic E-state index is 9.21. The van der Waals surface area contributed by atoms with Crippen LogP contribution in [0.3, 0.4) is 0 Å². The van der Waals surface area contributed by atoms with Gasteiger partial charge >= 0.3 is 0 Å². The number of rotatable bonds is 3. The van der Waals surface area contributed by atoms with E-state index in [2.05, 4.69) is 0 Å². The zero-order valence-electron chi connectivity index (χ0n) is 6.21. The minimum Gasteiger partial charge on any atom is -0.381 e. The molecule has 4 heteroatoms. The Bertz CT molecular complexity index is 255. The smallest absolute Gasteiger partial charge is 0.117 e. The van der Waals surface area contributed by atoms with Crippen LogP contribution in [0.15, 0.2) is 29.2 Å². The molecule has 12 heavy (non-hydrogen) atoms. The van der Waals surface area contributed by atoms with Crippen LogP contribution in [-0.4, -0.2) is 16.4 Å². The molecule has 0 amide bonds. The van der Waals surface area contributed by atoms with Crippen molar-refractivity contribution < 1.29 is 5.11 Å². The van der Waals surface area contributed by atoms with Crippen molar-refractivity contribution in [2.45, 2.75) is 10.3 Å². The summed E-state index contributed by atoms with van der Waals surface area (Å²) in [5.41, 5.74) is -0.591. The monoisotopic (exact) mass is 222 g/mol. The summed E-state index contributed by atoms with van der Waals surface area (Å²) in [7, 11) is 0. The van der Waals surface area contributed by atoms with Gasteiger partial charge in [-0.05, 0) is 12.1 Å². The van der Waals surface area contributed by atoms with Gasteiger partial charge in [-0.2, -0.15) is 0 Å². The highest BCUT2D eigenvalue weighted by Gasteiger charge is 2.06. The Hall–Kier alpha value is 0.110. The van der Waals surface area contributed by atoms with Gasteiger partial charge in [0.25, 0.3) is 0 Å². The van der Waals surface area contributed by atoms with Crippen molar-refractivity contribution >= 4 is 35.0 Å². The molecule has 0 aromatic heterocycles. The molecule has 1 rings (SSSR count). The third kappa shape index (κ3) is 2.87. The predicted octanol–water partition coefficient (Wildman–Crippen LogP) is 2.99. The van der Waals surface area contributed by atoms with Crippen LogP contribution in [0.2, 0.25) is 5.02 Å². The fraction of sp³-hybridized carbons (Fsp3) is 0.250. The summed E-state index contributed by atoms with van der Waals surface area (Å²) >= 11 is 12.6. The van der Waals surface area contributed by atoms with Crippen molar-refractivity contribution in [3.05, 3.63) is 29.3 Å². The first kappa shape index (κ1) is 10.2. The predicted molar refractivity (Wildman–Crippen MR) is 54.0 cm³/mol. The van der Waals surface area contributed by atoms with Crippen LogP contribution >= 0.6 is 35.0 Å². The van der Waals surface area contributed by atoms with Crippen molar-refractivity contribution in [3.8, 4) is 0 Å². The van der Waals surface area contributed by atoms with E-state index >= 15 is 0 Å². The molecule has 1 N–H and O–H groups in total. The lowest BCUT2D eigenvalue weighted by atomic mass is 10.4. The lowest BCUT2D eigenvalue weighted by molar-refractivity contribution is 0.287. The zero-order valence-corrected chi connectivity index (χ0v) is 8.53. The first-order valence-corrected chi connectivity index (χ1v) is 5.18. The van der Waals surface area contributed by atoms with Crippen molar-refractivity contribution in [2.24, 2.45) is 0 Å². The number of hydrogen-bond acceptors (Lipinski definition) is 2. The highest BCUT2D eigenvalue weighted by molar-refractivity contribution is 8.00. The first-order chi connectivity index (χ1) is 5.74. The molecule has 0 aliphatic carbocycles. The molecule has 1 aromatic carbocycles. The summed E-state index contributed by atoms with van der Waals surface area (Å²) in [6, 6.07) is 7.35. The van der Waals surface area contributed by atoms with E-state index in [0.717, 1.165) is 4.90 Å². The van der Waals surface area contributed by atoms with Crippen LogP contribution in [0.5, 0.6) is 0 Å². The Balaban J connectivity index is 2.69. The maximum atomic E-state index is 9.21. The Morgan fingerprint density at radius 1 is 1.42 bits per heavy atom. The zero-order chi connectivity index (χ0) is 8.97. The molecule has 1 atom stereocenters. The quantitative estimate of drug-likeness (QED) is 0.483. The maximum Gasteiger partial charge on any atom is 0.117 e. The van der Waals surface area contributed by atoms with Crippen LogP contribution in [0.4, 0.5) is 0 Å². The fourth-order valence-corrected chi connectivity index (χ4v) is 1.87. The van der Waals surface area contributed by atoms with Gasteiger partial charge in [0.15, 0.2) is 0 Å². The van der Waals surface area contributed by atoms with Crippen molar-refractivity contribution in [1.82, 2.24) is 0 Å². The first-order valence-electron chi connectivity index (χ1n) is 3.39. The van der Waals surface area contributed by atoms with Crippen LogP contribution in [-0.2, 0) is 0 Å². The summed E-state index contributed by atoms with van der Waals surface area (Å²) in [5, 5.41) is 9.85. The molecule has 0 heterocycles. The lowest BCUT2D eigenvalue weighted by Gasteiger charge is -2.06. The Labute approximate surface area is 85.7 Å². The Morgan fingerprint density at radius 2 is 2.08 bits per heavy atom. The van der Waals surface area contributed by atoms with Gasteiger partial charge in [0.1, 0.15) is 5.44 Å². The van der Waals surface area contributed by atoms with E-state index in [1.165, 1.54) is 11.8 Å². The average molecular weight is 223 g/mol. The van der Waals surface area contributed by atoms with Gasteiger partial charge in [-0.3, -0.25) is 0 Å². The molecule has 0 bridgehead atoms. The molecular weight excluding hydrogens is 215 g/mol. The number of aliphatic hydroxyl groups is 1. The van der Waals surface area contributed by atoms with E-state index < -0.39 is 5.44 Å². The van der Waals surface area contributed by atoms with Crippen LogP contribution in [0, 0.1) is 0 Å². The van der Waals surface area contributed by atoms with Gasteiger partial charge in [0.05, 0.1) is 10.9 Å². The van der Waals surface area contributed by atoms with Gasteiger partial charge in [-0.25, -0.2) is 0 Å². The Kier molecular flexibility index (Phi) is 4.22. The Morgan fingerprint density at radius 3 is 2.67 bits per heavy atom. The van der Waals surface area contributed by atoms with Crippen LogP contribution < -0.4 is 0 Å². The standard InChI is InChI=1S/C8H8Cl2OS/c9-5-8(11)12-7-4-2-1-3-6(7)10/h1-4,8,11H,5H2. The van der Waals surface area contributed by atoms with E-state index in [1.807, 2.05) is 18.2 Å².